The van der Waals surface area contributed by atoms with E-state index < -0.39 is 0 Å². The van der Waals surface area contributed by atoms with E-state index in [2.05, 4.69) is 15.9 Å². The molecule has 0 aliphatic carbocycles. The summed E-state index contributed by atoms with van der Waals surface area (Å²) in [5.74, 6) is 0.831. The van der Waals surface area contributed by atoms with E-state index in [0.717, 1.165) is 31.1 Å². The van der Waals surface area contributed by atoms with Crippen molar-refractivity contribution in [2.45, 2.75) is 4.90 Å². The first-order chi connectivity index (χ1) is 9.69. The molecule has 2 aromatic carbocycles. The minimum Gasteiger partial charge on any atom is -0.496 e. The van der Waals surface area contributed by atoms with Crippen molar-refractivity contribution in [1.29, 1.82) is 0 Å². The van der Waals surface area contributed by atoms with Crippen LogP contribution in [0.4, 0.5) is 0 Å². The van der Waals surface area contributed by atoms with Crippen molar-refractivity contribution in [1.82, 2.24) is 0 Å². The second kappa shape index (κ2) is 5.46. The fourth-order valence-electron chi connectivity index (χ4n) is 2.10. The molecule has 0 saturated heterocycles. The van der Waals surface area contributed by atoms with Crippen LogP contribution in [0.15, 0.2) is 56.7 Å². The highest BCUT2D eigenvalue weighted by Crippen LogP contribution is 2.41. The van der Waals surface area contributed by atoms with Crippen LogP contribution in [0, 0.1) is 0 Å². The summed E-state index contributed by atoms with van der Waals surface area (Å²) in [4.78, 5) is 14.1. The number of fused-ring (bicyclic) bond motifs is 1. The Morgan fingerprint density at radius 2 is 2.00 bits per heavy atom. The lowest BCUT2D eigenvalue weighted by Gasteiger charge is -2.05. The van der Waals surface area contributed by atoms with Crippen LogP contribution in [0.25, 0.3) is 6.08 Å². The standard InChI is InChI=1S/C16H11BrO2S/c1-19-13-7-6-11(17)8-10(13)9-15-16(18)12-4-2-3-5-14(12)20-15/h2-9H,1H3/b15-9+. The topological polar surface area (TPSA) is 26.3 Å². The molecule has 0 saturated carbocycles. The van der Waals surface area contributed by atoms with Gasteiger partial charge in [-0.3, -0.25) is 4.79 Å². The van der Waals surface area contributed by atoms with Crippen molar-refractivity contribution in [2.75, 3.05) is 7.11 Å². The summed E-state index contributed by atoms with van der Waals surface area (Å²) < 4.78 is 6.29. The summed E-state index contributed by atoms with van der Waals surface area (Å²) in [6.07, 6.45) is 1.89. The van der Waals surface area contributed by atoms with Crippen molar-refractivity contribution >= 4 is 39.6 Å². The number of carbonyl (C=O) groups is 1. The average Bonchev–Trinajstić information content (AvgIpc) is 2.76. The monoisotopic (exact) mass is 346 g/mol. The maximum atomic E-state index is 12.3. The maximum absolute atomic E-state index is 12.3. The van der Waals surface area contributed by atoms with Gasteiger partial charge in [-0.05, 0) is 36.4 Å². The van der Waals surface area contributed by atoms with Crippen LogP contribution in [0.3, 0.4) is 0 Å². The molecule has 3 rings (SSSR count). The Bertz CT molecular complexity index is 722. The lowest BCUT2D eigenvalue weighted by atomic mass is 10.1. The van der Waals surface area contributed by atoms with E-state index in [1.807, 2.05) is 48.5 Å². The second-order valence-corrected chi connectivity index (χ2v) is 6.32. The molecule has 0 atom stereocenters. The molecule has 0 N–H and O–H groups in total. The van der Waals surface area contributed by atoms with Crippen LogP contribution in [-0.4, -0.2) is 12.9 Å². The van der Waals surface area contributed by atoms with Crippen LogP contribution in [-0.2, 0) is 0 Å². The van der Waals surface area contributed by atoms with Gasteiger partial charge in [0.05, 0.1) is 12.0 Å². The lowest BCUT2D eigenvalue weighted by molar-refractivity contribution is 0.104. The summed E-state index contributed by atoms with van der Waals surface area (Å²) in [6, 6.07) is 13.4. The Morgan fingerprint density at radius 1 is 1.20 bits per heavy atom. The molecule has 0 bridgehead atoms. The van der Waals surface area contributed by atoms with Gasteiger partial charge < -0.3 is 4.74 Å². The van der Waals surface area contributed by atoms with E-state index in [-0.39, 0.29) is 5.78 Å². The smallest absolute Gasteiger partial charge is 0.200 e. The minimum absolute atomic E-state index is 0.0765. The first kappa shape index (κ1) is 13.5. The van der Waals surface area contributed by atoms with E-state index in [1.54, 1.807) is 7.11 Å². The SMILES string of the molecule is COc1ccc(Br)cc1/C=C1/Sc2ccccc2C1=O. The molecule has 0 unspecified atom stereocenters. The fraction of sp³-hybridized carbons (Fsp3) is 0.0625. The van der Waals surface area contributed by atoms with Gasteiger partial charge in [-0.25, -0.2) is 0 Å². The van der Waals surface area contributed by atoms with Gasteiger partial charge in [-0.2, -0.15) is 0 Å². The first-order valence-corrected chi connectivity index (χ1v) is 7.67. The summed E-state index contributed by atoms with van der Waals surface area (Å²) in [5, 5.41) is 0. The van der Waals surface area contributed by atoms with Gasteiger partial charge in [0.1, 0.15) is 5.75 Å². The zero-order chi connectivity index (χ0) is 14.1. The molecule has 0 amide bonds. The van der Waals surface area contributed by atoms with Gasteiger partial charge in [0, 0.05) is 20.5 Å². The molecule has 2 aromatic rings. The highest BCUT2D eigenvalue weighted by Gasteiger charge is 2.25. The van der Waals surface area contributed by atoms with Crippen LogP contribution in [0.5, 0.6) is 5.75 Å². The Kier molecular flexibility index (Phi) is 3.68. The number of carbonyl (C=O) groups excluding carboxylic acids is 1. The van der Waals surface area contributed by atoms with Crippen molar-refractivity contribution < 1.29 is 9.53 Å². The van der Waals surface area contributed by atoms with Gasteiger partial charge in [0.2, 0.25) is 5.78 Å². The van der Waals surface area contributed by atoms with Gasteiger partial charge in [0.15, 0.2) is 0 Å². The second-order valence-electron chi connectivity index (χ2n) is 4.32. The molecule has 1 aliphatic rings. The quantitative estimate of drug-likeness (QED) is 0.731. The van der Waals surface area contributed by atoms with Crippen LogP contribution < -0.4 is 4.74 Å². The Labute approximate surface area is 130 Å². The molecule has 0 fully saturated rings. The molecule has 1 heterocycles. The number of Topliss-reactive ketones (excluding diaryl/α,β-unsaturated/α-hetero) is 1. The van der Waals surface area contributed by atoms with E-state index in [0.29, 0.717) is 0 Å². The maximum Gasteiger partial charge on any atom is 0.200 e. The van der Waals surface area contributed by atoms with Crippen molar-refractivity contribution in [3.05, 3.63) is 63.0 Å². The molecule has 4 heteroatoms. The summed E-state index contributed by atoms with van der Waals surface area (Å²) >= 11 is 4.95. The van der Waals surface area contributed by atoms with E-state index in [9.17, 15) is 4.79 Å². The van der Waals surface area contributed by atoms with Crippen LogP contribution >= 0.6 is 27.7 Å². The van der Waals surface area contributed by atoms with Gasteiger partial charge in [-0.1, -0.05) is 39.8 Å². The Balaban J connectivity index is 2.03. The predicted molar refractivity (Wildman–Crippen MR) is 85.3 cm³/mol. The van der Waals surface area contributed by atoms with Gasteiger partial charge >= 0.3 is 0 Å². The predicted octanol–water partition coefficient (Wildman–Crippen LogP) is 4.79. The normalized spacial score (nSPS) is 15.5. The van der Waals surface area contributed by atoms with Crippen molar-refractivity contribution in [3.8, 4) is 5.75 Å². The number of rotatable bonds is 2. The molecular weight excluding hydrogens is 336 g/mol. The van der Waals surface area contributed by atoms with Crippen LogP contribution in [0.2, 0.25) is 0 Å². The number of hydrogen-bond acceptors (Lipinski definition) is 3. The highest BCUT2D eigenvalue weighted by molar-refractivity contribution is 9.10. The number of hydrogen-bond donors (Lipinski definition) is 0. The van der Waals surface area contributed by atoms with Gasteiger partial charge in [0.25, 0.3) is 0 Å². The van der Waals surface area contributed by atoms with E-state index in [1.165, 1.54) is 11.8 Å². The number of benzene rings is 2. The third-order valence-electron chi connectivity index (χ3n) is 3.05. The number of methoxy groups -OCH3 is 1. The number of ketones is 1. The molecule has 0 aromatic heterocycles. The Hall–Kier alpha value is -1.52. The highest BCUT2D eigenvalue weighted by atomic mass is 79.9. The third-order valence-corrected chi connectivity index (χ3v) is 4.65. The molecule has 2 nitrogen and oxygen atoms in total. The summed E-state index contributed by atoms with van der Waals surface area (Å²) in [6.45, 7) is 0. The average molecular weight is 347 g/mol. The van der Waals surface area contributed by atoms with E-state index >= 15 is 0 Å². The Morgan fingerprint density at radius 3 is 2.75 bits per heavy atom. The number of halogens is 1. The van der Waals surface area contributed by atoms with Crippen LogP contribution in [0.1, 0.15) is 15.9 Å². The fourth-order valence-corrected chi connectivity index (χ4v) is 3.52. The minimum atomic E-state index is 0.0765. The lowest BCUT2D eigenvalue weighted by Crippen LogP contribution is -1.94. The zero-order valence-electron chi connectivity index (χ0n) is 10.7. The molecule has 20 heavy (non-hydrogen) atoms. The molecular formula is C16H11BrO2S. The summed E-state index contributed by atoms with van der Waals surface area (Å²) in [5.41, 5.74) is 1.67. The summed E-state index contributed by atoms with van der Waals surface area (Å²) in [7, 11) is 1.63. The van der Waals surface area contributed by atoms with Gasteiger partial charge in [-0.15, -0.1) is 0 Å². The molecule has 0 radical (unpaired) electrons. The largest absolute Gasteiger partial charge is 0.496 e. The third kappa shape index (κ3) is 2.41. The van der Waals surface area contributed by atoms with E-state index in [4.69, 9.17) is 4.74 Å². The zero-order valence-corrected chi connectivity index (χ0v) is 13.1. The molecule has 1 aliphatic heterocycles. The van der Waals surface area contributed by atoms with Crippen molar-refractivity contribution in [3.63, 3.8) is 0 Å². The number of ether oxygens (including phenoxy) is 1. The molecule has 0 spiro atoms. The first-order valence-electron chi connectivity index (χ1n) is 6.06. The van der Waals surface area contributed by atoms with Crippen molar-refractivity contribution in [2.24, 2.45) is 0 Å². The molecule has 100 valence electrons. The number of allylic oxidation sites excluding steroid dienone is 1. The number of thioether (sulfide) groups is 1.